The average Bonchev–Trinajstić information content (AvgIpc) is 2.62. The molecule has 4 aromatic carbocycles. The molecule has 0 spiro atoms. The molecular formula is C23H19. The van der Waals surface area contributed by atoms with E-state index in [1.807, 2.05) is 0 Å². The van der Waals surface area contributed by atoms with Crippen LogP contribution in [0.15, 0.2) is 84.9 Å². The largest absolute Gasteiger partial charge is 0.0616 e. The lowest BCUT2D eigenvalue weighted by atomic mass is 9.98. The number of hydrogen-bond acceptors (Lipinski definition) is 0. The number of benzene rings is 4. The zero-order valence-corrected chi connectivity index (χ0v) is 13.1. The van der Waals surface area contributed by atoms with Crippen LogP contribution in [-0.2, 0) is 12.8 Å². The number of fused-ring (bicyclic) bond motifs is 2. The molecule has 0 saturated heterocycles. The molecule has 0 atom stereocenters. The van der Waals surface area contributed by atoms with E-state index in [4.69, 9.17) is 0 Å². The van der Waals surface area contributed by atoms with Crippen molar-refractivity contribution in [3.05, 3.63) is 102 Å². The van der Waals surface area contributed by atoms with Crippen molar-refractivity contribution in [3.8, 4) is 0 Å². The number of rotatable bonds is 4. The van der Waals surface area contributed by atoms with Crippen LogP contribution in [0.2, 0.25) is 0 Å². The van der Waals surface area contributed by atoms with E-state index >= 15 is 0 Å². The highest BCUT2D eigenvalue weighted by molar-refractivity contribution is 5.86. The van der Waals surface area contributed by atoms with E-state index in [2.05, 4.69) is 91.3 Å². The van der Waals surface area contributed by atoms with Gasteiger partial charge in [-0.1, -0.05) is 84.9 Å². The highest BCUT2D eigenvalue weighted by Crippen LogP contribution is 2.21. The molecule has 0 fully saturated rings. The first-order chi connectivity index (χ1) is 11.4. The van der Waals surface area contributed by atoms with Gasteiger partial charge >= 0.3 is 0 Å². The third-order valence-electron chi connectivity index (χ3n) is 4.44. The van der Waals surface area contributed by atoms with Crippen LogP contribution in [0, 0.1) is 6.42 Å². The fraction of sp³-hybridized carbons (Fsp3) is 0.0870. The molecule has 0 nitrogen and oxygen atoms in total. The van der Waals surface area contributed by atoms with Gasteiger partial charge in [-0.25, -0.2) is 0 Å². The Kier molecular flexibility index (Phi) is 3.81. The van der Waals surface area contributed by atoms with E-state index < -0.39 is 0 Å². The van der Waals surface area contributed by atoms with Gasteiger partial charge in [-0.2, -0.15) is 0 Å². The first-order valence-electron chi connectivity index (χ1n) is 8.16. The van der Waals surface area contributed by atoms with Crippen LogP contribution in [-0.4, -0.2) is 0 Å². The van der Waals surface area contributed by atoms with E-state index in [0.717, 1.165) is 12.8 Å². The predicted molar refractivity (Wildman–Crippen MR) is 99.6 cm³/mol. The molecular weight excluding hydrogens is 276 g/mol. The van der Waals surface area contributed by atoms with E-state index in [1.54, 1.807) is 0 Å². The van der Waals surface area contributed by atoms with Gasteiger partial charge in [0.1, 0.15) is 0 Å². The monoisotopic (exact) mass is 295 g/mol. The van der Waals surface area contributed by atoms with Crippen LogP contribution in [0.4, 0.5) is 0 Å². The predicted octanol–water partition coefficient (Wildman–Crippen LogP) is 5.98. The van der Waals surface area contributed by atoms with Gasteiger partial charge in [0.25, 0.3) is 0 Å². The Morgan fingerprint density at radius 1 is 0.565 bits per heavy atom. The van der Waals surface area contributed by atoms with Crippen molar-refractivity contribution in [2.24, 2.45) is 0 Å². The molecule has 0 amide bonds. The summed E-state index contributed by atoms with van der Waals surface area (Å²) in [5.41, 5.74) is 2.79. The molecule has 0 aliphatic rings. The van der Waals surface area contributed by atoms with Crippen LogP contribution in [0.5, 0.6) is 0 Å². The molecule has 0 bridgehead atoms. The Morgan fingerprint density at radius 2 is 1.30 bits per heavy atom. The normalized spacial score (nSPS) is 11.1. The van der Waals surface area contributed by atoms with Gasteiger partial charge < -0.3 is 0 Å². The minimum atomic E-state index is 1.01. The molecule has 0 heterocycles. The average molecular weight is 295 g/mol. The van der Waals surface area contributed by atoms with Crippen LogP contribution in [0.3, 0.4) is 0 Å². The van der Waals surface area contributed by atoms with E-state index in [0.29, 0.717) is 0 Å². The molecule has 0 N–H and O–H groups in total. The summed E-state index contributed by atoms with van der Waals surface area (Å²) >= 11 is 0. The summed E-state index contributed by atoms with van der Waals surface area (Å²) in [5.74, 6) is 0. The maximum atomic E-state index is 2.38. The fourth-order valence-corrected chi connectivity index (χ4v) is 3.23. The molecule has 0 aliphatic carbocycles. The van der Waals surface area contributed by atoms with Gasteiger partial charge in [0.15, 0.2) is 0 Å². The summed E-state index contributed by atoms with van der Waals surface area (Å²) < 4.78 is 0. The van der Waals surface area contributed by atoms with Crippen LogP contribution in [0.25, 0.3) is 21.5 Å². The topological polar surface area (TPSA) is 0 Å². The highest BCUT2D eigenvalue weighted by atomic mass is 14.1. The van der Waals surface area contributed by atoms with Gasteiger partial charge in [0, 0.05) is 0 Å². The highest BCUT2D eigenvalue weighted by Gasteiger charge is 2.02. The van der Waals surface area contributed by atoms with Crippen molar-refractivity contribution in [3.63, 3.8) is 0 Å². The Labute approximate surface area is 137 Å². The summed E-state index contributed by atoms with van der Waals surface area (Å²) in [4.78, 5) is 0. The molecule has 0 unspecified atom stereocenters. The number of hydrogen-bond donors (Lipinski definition) is 0. The maximum absolute atomic E-state index is 2.38. The lowest BCUT2D eigenvalue weighted by Crippen LogP contribution is -1.92. The molecule has 1 radical (unpaired) electrons. The van der Waals surface area contributed by atoms with Crippen LogP contribution < -0.4 is 0 Å². The second-order valence-electron chi connectivity index (χ2n) is 6.02. The second kappa shape index (κ2) is 6.26. The van der Waals surface area contributed by atoms with Crippen molar-refractivity contribution in [2.45, 2.75) is 12.8 Å². The van der Waals surface area contributed by atoms with Gasteiger partial charge in [-0.3, -0.25) is 0 Å². The summed E-state index contributed by atoms with van der Waals surface area (Å²) in [7, 11) is 0. The van der Waals surface area contributed by atoms with Crippen molar-refractivity contribution >= 4 is 21.5 Å². The van der Waals surface area contributed by atoms with Gasteiger partial charge in [0.2, 0.25) is 0 Å². The molecule has 4 rings (SSSR count). The Hall–Kier alpha value is -2.60. The Balaban J connectivity index is 1.50. The zero-order valence-electron chi connectivity index (χ0n) is 13.1. The molecule has 23 heavy (non-hydrogen) atoms. The van der Waals surface area contributed by atoms with Gasteiger partial charge in [-0.05, 0) is 51.9 Å². The minimum absolute atomic E-state index is 1.01. The second-order valence-corrected chi connectivity index (χ2v) is 6.02. The first-order valence-corrected chi connectivity index (χ1v) is 8.16. The maximum Gasteiger partial charge on any atom is -0.0152 e. The fourth-order valence-electron chi connectivity index (χ4n) is 3.23. The lowest BCUT2D eigenvalue weighted by Gasteiger charge is -2.07. The smallest absolute Gasteiger partial charge is 0.0152 e. The Bertz CT molecular complexity index is 945. The van der Waals surface area contributed by atoms with Gasteiger partial charge in [-0.15, -0.1) is 0 Å². The van der Waals surface area contributed by atoms with Crippen molar-refractivity contribution in [2.75, 3.05) is 0 Å². The standard InChI is InChI=1S/C23H19/c1-2-10-22-17-18(15-16-19(22)8-1)7-5-11-21-13-6-12-20-9-3-4-14-23(20)21/h1-6,8-10,12-17H,7,11H2. The summed E-state index contributed by atoms with van der Waals surface area (Å²) in [6, 6.07) is 30.5. The Morgan fingerprint density at radius 3 is 2.22 bits per heavy atom. The van der Waals surface area contributed by atoms with E-state index in [1.165, 1.54) is 32.7 Å². The minimum Gasteiger partial charge on any atom is -0.0616 e. The molecule has 0 heteroatoms. The lowest BCUT2D eigenvalue weighted by molar-refractivity contribution is 1.04. The first kappa shape index (κ1) is 14.0. The molecule has 4 aromatic rings. The zero-order chi connectivity index (χ0) is 15.5. The third kappa shape index (κ3) is 2.98. The van der Waals surface area contributed by atoms with E-state index in [9.17, 15) is 0 Å². The van der Waals surface area contributed by atoms with Crippen molar-refractivity contribution < 1.29 is 0 Å². The molecule has 0 aliphatic heterocycles. The van der Waals surface area contributed by atoms with Gasteiger partial charge in [0.05, 0.1) is 0 Å². The summed E-state index contributed by atoms with van der Waals surface area (Å²) in [6.45, 7) is 0. The molecule has 111 valence electrons. The third-order valence-corrected chi connectivity index (χ3v) is 4.44. The summed E-state index contributed by atoms with van der Waals surface area (Å²) in [6.07, 6.45) is 4.40. The quantitative estimate of drug-likeness (QED) is 0.434. The van der Waals surface area contributed by atoms with Crippen molar-refractivity contribution in [1.82, 2.24) is 0 Å². The molecule has 0 aromatic heterocycles. The van der Waals surface area contributed by atoms with Crippen molar-refractivity contribution in [1.29, 1.82) is 0 Å². The van der Waals surface area contributed by atoms with E-state index in [-0.39, 0.29) is 0 Å². The van der Waals surface area contributed by atoms with Crippen LogP contribution in [0.1, 0.15) is 11.1 Å². The molecule has 0 saturated carbocycles. The van der Waals surface area contributed by atoms with Crippen LogP contribution >= 0.6 is 0 Å². The summed E-state index contributed by atoms with van der Waals surface area (Å²) in [5, 5.41) is 5.32. The SMILES string of the molecule is [CH](Cc1ccc2ccccc2c1)Cc1cccc2ccccc12.